The molecule has 0 aliphatic rings. The average Bonchev–Trinajstić information content (AvgIpc) is 2.48. The predicted octanol–water partition coefficient (Wildman–Crippen LogP) is 1.22. The second-order valence-corrected chi connectivity index (χ2v) is 5.66. The molecule has 0 aliphatic heterocycles. The summed E-state index contributed by atoms with van der Waals surface area (Å²) < 4.78 is 0. The smallest absolute Gasteiger partial charge is 0.228 e. The van der Waals surface area contributed by atoms with Gasteiger partial charge in [-0.1, -0.05) is 0 Å². The maximum atomic E-state index is 11.8. The molecule has 0 fully saturated rings. The summed E-state index contributed by atoms with van der Waals surface area (Å²) in [6, 6.07) is 0. The lowest BCUT2D eigenvalue weighted by Gasteiger charge is -2.25. The highest BCUT2D eigenvalue weighted by Gasteiger charge is 2.19. The maximum absolute atomic E-state index is 11.8. The Bertz CT molecular complexity index is 368. The molecule has 1 amide bonds. The van der Waals surface area contributed by atoms with Gasteiger partial charge < -0.3 is 10.0 Å². The summed E-state index contributed by atoms with van der Waals surface area (Å²) >= 11 is 1.54. The van der Waals surface area contributed by atoms with Crippen LogP contribution in [0.25, 0.3) is 0 Å². The Kier molecular flexibility index (Phi) is 4.04. The summed E-state index contributed by atoms with van der Waals surface area (Å²) in [5, 5.41) is 12.5. The number of carbonyl (C=O) groups is 1. The van der Waals surface area contributed by atoms with E-state index in [1.807, 2.05) is 12.3 Å². The van der Waals surface area contributed by atoms with Crippen molar-refractivity contribution in [3.63, 3.8) is 0 Å². The summed E-state index contributed by atoms with van der Waals surface area (Å²) in [5.74, 6) is -0.0209. The first-order valence-electron chi connectivity index (χ1n) is 5.15. The molecule has 4 nitrogen and oxygen atoms in total. The molecule has 0 bridgehead atoms. The van der Waals surface area contributed by atoms with Gasteiger partial charge in [0.05, 0.1) is 22.7 Å². The van der Waals surface area contributed by atoms with E-state index in [1.165, 1.54) is 4.90 Å². The molecular formula is C11H18N2O2S. The number of rotatable bonds is 4. The predicted molar refractivity (Wildman–Crippen MR) is 64.5 cm³/mol. The van der Waals surface area contributed by atoms with Crippen LogP contribution in [0.1, 0.15) is 24.5 Å². The van der Waals surface area contributed by atoms with Crippen molar-refractivity contribution in [3.8, 4) is 0 Å². The SMILES string of the molecule is Cc1nc(CC(=O)N(C)CC(C)(C)O)cs1. The Balaban J connectivity index is 2.52. The molecule has 90 valence electrons. The van der Waals surface area contributed by atoms with Gasteiger partial charge in [-0.05, 0) is 20.8 Å². The van der Waals surface area contributed by atoms with Crippen molar-refractivity contribution in [1.29, 1.82) is 0 Å². The molecule has 0 unspecified atom stereocenters. The summed E-state index contributed by atoms with van der Waals surface area (Å²) in [6.45, 7) is 5.61. The van der Waals surface area contributed by atoms with E-state index in [4.69, 9.17) is 0 Å². The normalized spacial score (nSPS) is 11.6. The molecular weight excluding hydrogens is 224 g/mol. The van der Waals surface area contributed by atoms with Crippen LogP contribution < -0.4 is 0 Å². The minimum Gasteiger partial charge on any atom is -0.389 e. The van der Waals surface area contributed by atoms with Crippen LogP contribution in [0.3, 0.4) is 0 Å². The van der Waals surface area contributed by atoms with Gasteiger partial charge in [0.25, 0.3) is 0 Å². The Labute approximate surface area is 99.9 Å². The van der Waals surface area contributed by atoms with E-state index in [2.05, 4.69) is 4.98 Å². The van der Waals surface area contributed by atoms with Crippen molar-refractivity contribution in [2.24, 2.45) is 0 Å². The van der Waals surface area contributed by atoms with E-state index in [-0.39, 0.29) is 5.91 Å². The molecule has 0 spiro atoms. The van der Waals surface area contributed by atoms with E-state index in [0.717, 1.165) is 10.7 Å². The Hall–Kier alpha value is -0.940. The zero-order valence-electron chi connectivity index (χ0n) is 10.1. The van der Waals surface area contributed by atoms with Gasteiger partial charge in [-0.15, -0.1) is 11.3 Å². The van der Waals surface area contributed by atoms with Gasteiger partial charge in [0, 0.05) is 19.0 Å². The Morgan fingerprint density at radius 2 is 2.25 bits per heavy atom. The van der Waals surface area contributed by atoms with Crippen molar-refractivity contribution in [2.45, 2.75) is 32.8 Å². The first-order valence-corrected chi connectivity index (χ1v) is 6.03. The number of aromatic nitrogens is 1. The fourth-order valence-corrected chi connectivity index (χ4v) is 2.06. The molecule has 1 aromatic heterocycles. The molecule has 1 heterocycles. The van der Waals surface area contributed by atoms with Crippen LogP contribution in [0.15, 0.2) is 5.38 Å². The first-order chi connectivity index (χ1) is 7.28. The quantitative estimate of drug-likeness (QED) is 0.864. The molecule has 1 N–H and O–H groups in total. The number of thiazole rings is 1. The Morgan fingerprint density at radius 1 is 1.62 bits per heavy atom. The molecule has 0 saturated carbocycles. The topological polar surface area (TPSA) is 53.4 Å². The highest BCUT2D eigenvalue weighted by molar-refractivity contribution is 7.09. The van der Waals surface area contributed by atoms with E-state index < -0.39 is 5.60 Å². The standard InChI is InChI=1S/C11H18N2O2S/c1-8-12-9(6-16-8)5-10(14)13(4)7-11(2,3)15/h6,15H,5,7H2,1-4H3. The van der Waals surface area contributed by atoms with Gasteiger partial charge in [0.2, 0.25) is 5.91 Å². The molecule has 0 atom stereocenters. The molecule has 1 aromatic rings. The third kappa shape index (κ3) is 4.28. The van der Waals surface area contributed by atoms with Gasteiger partial charge in [-0.25, -0.2) is 4.98 Å². The fourth-order valence-electron chi connectivity index (χ4n) is 1.45. The van der Waals surface area contributed by atoms with Gasteiger partial charge in [-0.2, -0.15) is 0 Å². The number of nitrogens with zero attached hydrogens (tertiary/aromatic N) is 2. The van der Waals surface area contributed by atoms with Gasteiger partial charge >= 0.3 is 0 Å². The van der Waals surface area contributed by atoms with E-state index in [9.17, 15) is 9.90 Å². The lowest BCUT2D eigenvalue weighted by atomic mass is 10.1. The third-order valence-electron chi connectivity index (χ3n) is 2.05. The molecule has 0 aromatic carbocycles. The molecule has 5 heteroatoms. The lowest BCUT2D eigenvalue weighted by molar-refractivity contribution is -0.131. The largest absolute Gasteiger partial charge is 0.389 e. The second-order valence-electron chi connectivity index (χ2n) is 4.60. The van der Waals surface area contributed by atoms with Crippen LogP contribution in [0.4, 0.5) is 0 Å². The molecule has 1 rings (SSSR count). The number of carbonyl (C=O) groups excluding carboxylic acids is 1. The monoisotopic (exact) mass is 242 g/mol. The maximum Gasteiger partial charge on any atom is 0.228 e. The van der Waals surface area contributed by atoms with Crippen molar-refractivity contribution in [1.82, 2.24) is 9.88 Å². The number of aryl methyl sites for hydroxylation is 1. The van der Waals surface area contributed by atoms with E-state index in [1.54, 1.807) is 32.2 Å². The number of aliphatic hydroxyl groups is 1. The number of likely N-dealkylation sites (N-methyl/N-ethyl adjacent to an activating group) is 1. The number of hydrogen-bond donors (Lipinski definition) is 1. The zero-order chi connectivity index (χ0) is 12.3. The number of hydrogen-bond acceptors (Lipinski definition) is 4. The van der Waals surface area contributed by atoms with E-state index >= 15 is 0 Å². The number of amides is 1. The first kappa shape index (κ1) is 13.1. The summed E-state index contributed by atoms with van der Waals surface area (Å²) in [7, 11) is 1.69. The second kappa shape index (κ2) is 4.93. The summed E-state index contributed by atoms with van der Waals surface area (Å²) in [4.78, 5) is 17.6. The van der Waals surface area contributed by atoms with Crippen molar-refractivity contribution in [2.75, 3.05) is 13.6 Å². The Morgan fingerprint density at radius 3 is 2.69 bits per heavy atom. The van der Waals surface area contributed by atoms with E-state index in [0.29, 0.717) is 13.0 Å². The van der Waals surface area contributed by atoms with Crippen LogP contribution in [-0.2, 0) is 11.2 Å². The van der Waals surface area contributed by atoms with Crippen LogP contribution in [0, 0.1) is 6.92 Å². The van der Waals surface area contributed by atoms with Gasteiger partial charge in [-0.3, -0.25) is 4.79 Å². The summed E-state index contributed by atoms with van der Waals surface area (Å²) in [6.07, 6.45) is 0.302. The summed E-state index contributed by atoms with van der Waals surface area (Å²) in [5.41, 5.74) is -0.0577. The van der Waals surface area contributed by atoms with Crippen LogP contribution in [0.5, 0.6) is 0 Å². The molecule has 0 saturated heterocycles. The van der Waals surface area contributed by atoms with Crippen LogP contribution in [-0.4, -0.2) is 40.1 Å². The highest BCUT2D eigenvalue weighted by Crippen LogP contribution is 2.10. The van der Waals surface area contributed by atoms with Crippen LogP contribution in [0.2, 0.25) is 0 Å². The zero-order valence-corrected chi connectivity index (χ0v) is 11.0. The minimum atomic E-state index is -0.859. The highest BCUT2D eigenvalue weighted by atomic mass is 32.1. The van der Waals surface area contributed by atoms with Crippen molar-refractivity contribution in [3.05, 3.63) is 16.1 Å². The average molecular weight is 242 g/mol. The van der Waals surface area contributed by atoms with Crippen molar-refractivity contribution < 1.29 is 9.90 Å². The van der Waals surface area contributed by atoms with Crippen molar-refractivity contribution >= 4 is 17.2 Å². The minimum absolute atomic E-state index is 0.0209. The van der Waals surface area contributed by atoms with Crippen LogP contribution >= 0.6 is 11.3 Å². The molecule has 16 heavy (non-hydrogen) atoms. The molecule has 0 radical (unpaired) electrons. The van der Waals surface area contributed by atoms with Gasteiger partial charge in [0.1, 0.15) is 0 Å². The fraction of sp³-hybridized carbons (Fsp3) is 0.636. The van der Waals surface area contributed by atoms with Gasteiger partial charge in [0.15, 0.2) is 0 Å². The lowest BCUT2D eigenvalue weighted by Crippen LogP contribution is -2.40. The molecule has 0 aliphatic carbocycles. The third-order valence-corrected chi connectivity index (χ3v) is 2.87.